The van der Waals surface area contributed by atoms with Gasteiger partial charge < -0.3 is 10.4 Å². The second-order valence-electron chi connectivity index (χ2n) is 5.73. The molecule has 3 atom stereocenters. The summed E-state index contributed by atoms with van der Waals surface area (Å²) in [6, 6.07) is 7.88. The number of aromatic nitrogens is 1. The highest BCUT2D eigenvalue weighted by molar-refractivity contribution is 5.92. The quantitative estimate of drug-likeness (QED) is 0.859. The van der Waals surface area contributed by atoms with E-state index in [0.29, 0.717) is 12.0 Å². The van der Waals surface area contributed by atoms with Gasteiger partial charge in [-0.3, -0.25) is 0 Å². The number of phenolic OH excluding ortho intramolecular Hbond substituents is 1. The molecule has 19 heavy (non-hydrogen) atoms. The highest BCUT2D eigenvalue weighted by Crippen LogP contribution is 2.34. The molecule has 0 saturated heterocycles. The molecule has 1 fully saturated rings. The Morgan fingerprint density at radius 1 is 1.21 bits per heavy atom. The van der Waals surface area contributed by atoms with Gasteiger partial charge >= 0.3 is 0 Å². The van der Waals surface area contributed by atoms with Crippen LogP contribution >= 0.6 is 0 Å². The van der Waals surface area contributed by atoms with Crippen molar-refractivity contribution >= 4 is 16.6 Å². The van der Waals surface area contributed by atoms with Crippen LogP contribution in [0.4, 0.5) is 5.82 Å². The van der Waals surface area contributed by atoms with E-state index in [1.165, 1.54) is 12.8 Å². The van der Waals surface area contributed by atoms with E-state index in [1.807, 2.05) is 18.3 Å². The monoisotopic (exact) mass is 256 g/mol. The molecule has 3 nitrogen and oxygen atoms in total. The van der Waals surface area contributed by atoms with Gasteiger partial charge in [0.2, 0.25) is 0 Å². The highest BCUT2D eigenvalue weighted by atomic mass is 16.3. The maximum atomic E-state index is 9.65. The number of rotatable bonds is 2. The molecule has 3 rings (SSSR count). The van der Waals surface area contributed by atoms with Crippen LogP contribution in [0.15, 0.2) is 30.5 Å². The van der Waals surface area contributed by atoms with Crippen molar-refractivity contribution in [3.05, 3.63) is 30.5 Å². The molecule has 0 aliphatic heterocycles. The molecule has 1 heterocycles. The van der Waals surface area contributed by atoms with Gasteiger partial charge in [-0.2, -0.15) is 0 Å². The van der Waals surface area contributed by atoms with E-state index in [9.17, 15) is 5.11 Å². The van der Waals surface area contributed by atoms with Crippen molar-refractivity contribution in [1.29, 1.82) is 0 Å². The summed E-state index contributed by atoms with van der Waals surface area (Å²) in [5.74, 6) is 2.60. The summed E-state index contributed by atoms with van der Waals surface area (Å²) in [6.07, 6.45) is 4.29. The summed E-state index contributed by atoms with van der Waals surface area (Å²) in [5, 5.41) is 15.3. The third kappa shape index (κ3) is 2.25. The van der Waals surface area contributed by atoms with E-state index in [2.05, 4.69) is 24.1 Å². The van der Waals surface area contributed by atoms with Crippen molar-refractivity contribution in [1.82, 2.24) is 4.98 Å². The smallest absolute Gasteiger partial charge is 0.134 e. The first kappa shape index (κ1) is 12.3. The average molecular weight is 256 g/mol. The molecule has 2 N–H and O–H groups in total. The molecule has 1 aromatic heterocycles. The maximum Gasteiger partial charge on any atom is 0.134 e. The van der Waals surface area contributed by atoms with Gasteiger partial charge in [-0.05, 0) is 48.3 Å². The molecule has 0 spiro atoms. The molecular formula is C16H20N2O. The predicted octanol–water partition coefficient (Wildman–Crippen LogP) is 3.79. The number of hydrogen-bond acceptors (Lipinski definition) is 3. The summed E-state index contributed by atoms with van der Waals surface area (Å²) in [7, 11) is 0. The topological polar surface area (TPSA) is 45.2 Å². The van der Waals surface area contributed by atoms with Crippen LogP contribution in [0, 0.1) is 11.8 Å². The molecular weight excluding hydrogens is 236 g/mol. The minimum absolute atomic E-state index is 0.288. The molecule has 1 saturated carbocycles. The lowest BCUT2D eigenvalue weighted by Gasteiger charge is -2.21. The normalized spacial score (nSPS) is 26.7. The third-order valence-electron chi connectivity index (χ3n) is 4.54. The summed E-state index contributed by atoms with van der Waals surface area (Å²) in [4.78, 5) is 4.45. The van der Waals surface area contributed by atoms with Crippen LogP contribution in [0.1, 0.15) is 26.7 Å². The van der Waals surface area contributed by atoms with E-state index in [4.69, 9.17) is 0 Å². The van der Waals surface area contributed by atoms with Gasteiger partial charge in [0.1, 0.15) is 11.6 Å². The zero-order valence-corrected chi connectivity index (χ0v) is 11.4. The Balaban J connectivity index is 1.94. The highest BCUT2D eigenvalue weighted by Gasteiger charge is 2.30. The van der Waals surface area contributed by atoms with E-state index in [1.54, 1.807) is 12.1 Å². The molecule has 1 aliphatic rings. The number of nitrogens with zero attached hydrogens (tertiary/aromatic N) is 1. The molecule has 0 amide bonds. The zero-order chi connectivity index (χ0) is 13.4. The number of nitrogens with one attached hydrogen (secondary N) is 1. The van der Waals surface area contributed by atoms with Crippen molar-refractivity contribution in [2.24, 2.45) is 11.8 Å². The predicted molar refractivity (Wildman–Crippen MR) is 78.4 cm³/mol. The SMILES string of the molecule is CC1CCC(Nc2nccc3ccc(O)cc23)C1C. The van der Waals surface area contributed by atoms with E-state index in [-0.39, 0.29) is 5.75 Å². The molecule has 2 aromatic rings. The fraction of sp³-hybridized carbons (Fsp3) is 0.438. The summed E-state index contributed by atoms with van der Waals surface area (Å²) >= 11 is 0. The van der Waals surface area contributed by atoms with Gasteiger partial charge in [-0.25, -0.2) is 4.98 Å². The minimum atomic E-state index is 0.288. The van der Waals surface area contributed by atoms with Crippen molar-refractivity contribution in [3.63, 3.8) is 0 Å². The van der Waals surface area contributed by atoms with Gasteiger partial charge in [0.05, 0.1) is 0 Å². The Kier molecular flexibility index (Phi) is 3.05. The number of aromatic hydroxyl groups is 1. The lowest BCUT2D eigenvalue weighted by molar-refractivity contribution is 0.435. The summed E-state index contributed by atoms with van der Waals surface area (Å²) < 4.78 is 0. The van der Waals surface area contributed by atoms with Crippen LogP contribution < -0.4 is 5.32 Å². The van der Waals surface area contributed by atoms with Crippen LogP contribution in [0.2, 0.25) is 0 Å². The number of pyridine rings is 1. The first-order valence-corrected chi connectivity index (χ1v) is 6.99. The Morgan fingerprint density at radius 3 is 2.79 bits per heavy atom. The van der Waals surface area contributed by atoms with Crippen LogP contribution in [0.3, 0.4) is 0 Å². The molecule has 0 bridgehead atoms. The second kappa shape index (κ2) is 4.72. The fourth-order valence-electron chi connectivity index (χ4n) is 3.02. The van der Waals surface area contributed by atoms with Gasteiger partial charge in [-0.1, -0.05) is 19.9 Å². The summed E-state index contributed by atoms with van der Waals surface area (Å²) in [5.41, 5.74) is 0. The van der Waals surface area contributed by atoms with E-state index >= 15 is 0 Å². The van der Waals surface area contributed by atoms with Gasteiger partial charge in [-0.15, -0.1) is 0 Å². The number of hydrogen-bond donors (Lipinski definition) is 2. The first-order chi connectivity index (χ1) is 9.15. The molecule has 1 aliphatic carbocycles. The first-order valence-electron chi connectivity index (χ1n) is 6.99. The van der Waals surface area contributed by atoms with Crippen LogP contribution in [-0.2, 0) is 0 Å². The van der Waals surface area contributed by atoms with Crippen molar-refractivity contribution in [2.45, 2.75) is 32.7 Å². The number of fused-ring (bicyclic) bond motifs is 1. The van der Waals surface area contributed by atoms with Crippen LogP contribution in [0.5, 0.6) is 5.75 Å². The van der Waals surface area contributed by atoms with Crippen molar-refractivity contribution in [2.75, 3.05) is 5.32 Å². The molecule has 0 radical (unpaired) electrons. The van der Waals surface area contributed by atoms with Gasteiger partial charge in [0, 0.05) is 17.6 Å². The Morgan fingerprint density at radius 2 is 2.05 bits per heavy atom. The lowest BCUT2D eigenvalue weighted by Crippen LogP contribution is -2.24. The lowest BCUT2D eigenvalue weighted by atomic mass is 9.97. The Labute approximate surface area is 113 Å². The third-order valence-corrected chi connectivity index (χ3v) is 4.54. The molecule has 3 unspecified atom stereocenters. The van der Waals surface area contributed by atoms with Gasteiger partial charge in [0.15, 0.2) is 0 Å². The maximum absolute atomic E-state index is 9.65. The number of benzene rings is 1. The Hall–Kier alpha value is -1.77. The molecule has 3 heteroatoms. The Bertz CT molecular complexity index is 596. The standard InChI is InChI=1S/C16H20N2O/c1-10-3-6-15(11(10)2)18-16-14-9-13(19)5-4-12(14)7-8-17-16/h4-5,7-11,15,19H,3,6H2,1-2H3,(H,17,18). The zero-order valence-electron chi connectivity index (χ0n) is 11.4. The second-order valence-corrected chi connectivity index (χ2v) is 5.73. The minimum Gasteiger partial charge on any atom is -0.508 e. The van der Waals surface area contributed by atoms with Crippen LogP contribution in [-0.4, -0.2) is 16.1 Å². The van der Waals surface area contributed by atoms with E-state index < -0.39 is 0 Å². The number of phenols is 1. The van der Waals surface area contributed by atoms with Crippen molar-refractivity contribution in [3.8, 4) is 5.75 Å². The largest absolute Gasteiger partial charge is 0.508 e. The fourth-order valence-corrected chi connectivity index (χ4v) is 3.02. The van der Waals surface area contributed by atoms with Gasteiger partial charge in [0.25, 0.3) is 0 Å². The number of anilines is 1. The van der Waals surface area contributed by atoms with E-state index in [0.717, 1.165) is 22.5 Å². The molecule has 1 aromatic carbocycles. The molecule has 100 valence electrons. The summed E-state index contributed by atoms with van der Waals surface area (Å²) in [6.45, 7) is 4.62. The van der Waals surface area contributed by atoms with Crippen LogP contribution in [0.25, 0.3) is 10.8 Å². The average Bonchev–Trinajstić information content (AvgIpc) is 2.71. The van der Waals surface area contributed by atoms with Crippen molar-refractivity contribution < 1.29 is 5.11 Å².